The van der Waals surface area contributed by atoms with Gasteiger partial charge < -0.3 is 10.2 Å². The highest BCUT2D eigenvalue weighted by atomic mass is 32.2. The second kappa shape index (κ2) is 8.29. The number of rotatable bonds is 7. The number of hydrogen-bond acceptors (Lipinski definition) is 4. The molecule has 1 heterocycles. The molecule has 0 amide bonds. The van der Waals surface area contributed by atoms with Gasteiger partial charge in [-0.15, -0.1) is 0 Å². The molecular weight excluding hydrogens is 276 g/mol. The fourth-order valence-corrected chi connectivity index (χ4v) is 4.30. The second-order valence-corrected chi connectivity index (χ2v) is 7.56. The topological polar surface area (TPSA) is 55.9 Å². The summed E-state index contributed by atoms with van der Waals surface area (Å²) in [6, 6.07) is 0.0826. The Kier molecular flexibility index (Phi) is 7.39. The Hall–Kier alpha value is -0.210. The van der Waals surface area contributed by atoms with Gasteiger partial charge in [-0.25, -0.2) is 0 Å². The summed E-state index contributed by atoms with van der Waals surface area (Å²) < 4.78 is 28.6. The van der Waals surface area contributed by atoms with Crippen LogP contribution in [0.25, 0.3) is 0 Å². The monoisotopic (exact) mass is 306 g/mol. The standard InChI is InChI=1S/C13H30N4O2S/c1-5-13-12-15(3)9-7-11-17(13)20(18,19)16(4)10-6-8-14-2/h13-14H,5-12H2,1-4H3. The van der Waals surface area contributed by atoms with Crippen molar-refractivity contribution in [1.82, 2.24) is 18.8 Å². The molecule has 0 aromatic rings. The first kappa shape index (κ1) is 17.8. The van der Waals surface area contributed by atoms with Crippen LogP contribution in [-0.4, -0.2) is 81.8 Å². The van der Waals surface area contributed by atoms with Gasteiger partial charge >= 0.3 is 0 Å². The Morgan fingerprint density at radius 3 is 2.65 bits per heavy atom. The molecule has 1 aliphatic heterocycles. The second-order valence-electron chi connectivity index (χ2n) is 5.58. The van der Waals surface area contributed by atoms with Crippen LogP contribution in [0.2, 0.25) is 0 Å². The average Bonchev–Trinajstić information content (AvgIpc) is 2.60. The van der Waals surface area contributed by atoms with Crippen molar-refractivity contribution in [1.29, 1.82) is 0 Å². The van der Waals surface area contributed by atoms with Crippen LogP contribution in [-0.2, 0) is 10.2 Å². The van der Waals surface area contributed by atoms with Crippen LogP contribution in [0.1, 0.15) is 26.2 Å². The molecule has 1 unspecified atom stereocenters. The zero-order valence-corrected chi connectivity index (χ0v) is 14.1. The number of likely N-dealkylation sites (N-methyl/N-ethyl adjacent to an activating group) is 1. The fourth-order valence-electron chi connectivity index (χ4n) is 2.63. The van der Waals surface area contributed by atoms with Crippen molar-refractivity contribution in [2.24, 2.45) is 0 Å². The minimum atomic E-state index is -3.34. The van der Waals surface area contributed by atoms with E-state index in [4.69, 9.17) is 0 Å². The van der Waals surface area contributed by atoms with Gasteiger partial charge in [-0.2, -0.15) is 17.0 Å². The molecule has 0 aromatic heterocycles. The molecule has 0 saturated carbocycles. The van der Waals surface area contributed by atoms with Crippen molar-refractivity contribution in [3.05, 3.63) is 0 Å². The van der Waals surface area contributed by atoms with Crippen molar-refractivity contribution in [3.63, 3.8) is 0 Å². The molecule has 1 N–H and O–H groups in total. The van der Waals surface area contributed by atoms with Gasteiger partial charge in [0.15, 0.2) is 0 Å². The summed E-state index contributed by atoms with van der Waals surface area (Å²) in [5.74, 6) is 0. The molecule has 20 heavy (non-hydrogen) atoms. The van der Waals surface area contributed by atoms with Gasteiger partial charge in [0.05, 0.1) is 0 Å². The highest BCUT2D eigenvalue weighted by Gasteiger charge is 2.33. The Morgan fingerprint density at radius 1 is 1.35 bits per heavy atom. The predicted octanol–water partition coefficient (Wildman–Crippen LogP) is 0.189. The molecule has 0 spiro atoms. The maximum atomic E-state index is 12.7. The summed E-state index contributed by atoms with van der Waals surface area (Å²) in [5.41, 5.74) is 0. The van der Waals surface area contributed by atoms with Gasteiger partial charge in [-0.05, 0) is 46.4 Å². The van der Waals surface area contributed by atoms with Crippen LogP contribution < -0.4 is 5.32 Å². The maximum Gasteiger partial charge on any atom is 0.282 e. The SMILES string of the molecule is CCC1CN(C)CCCN1S(=O)(=O)N(C)CCCNC. The van der Waals surface area contributed by atoms with Crippen LogP contribution >= 0.6 is 0 Å². The van der Waals surface area contributed by atoms with E-state index in [1.807, 2.05) is 7.05 Å². The Bertz CT molecular complexity index is 375. The Morgan fingerprint density at radius 2 is 2.05 bits per heavy atom. The predicted molar refractivity (Wildman–Crippen MR) is 83.0 cm³/mol. The van der Waals surface area contributed by atoms with Crippen LogP contribution in [0.3, 0.4) is 0 Å². The van der Waals surface area contributed by atoms with Gasteiger partial charge in [0.1, 0.15) is 0 Å². The average molecular weight is 306 g/mol. The largest absolute Gasteiger partial charge is 0.320 e. The highest BCUT2D eigenvalue weighted by molar-refractivity contribution is 7.86. The number of hydrogen-bond donors (Lipinski definition) is 1. The molecule has 1 saturated heterocycles. The van der Waals surface area contributed by atoms with E-state index in [2.05, 4.69) is 24.2 Å². The molecule has 1 atom stereocenters. The smallest absolute Gasteiger partial charge is 0.282 e. The van der Waals surface area contributed by atoms with Crippen LogP contribution in [0.15, 0.2) is 0 Å². The molecule has 0 aromatic carbocycles. The van der Waals surface area contributed by atoms with Gasteiger partial charge in [0.2, 0.25) is 0 Å². The van der Waals surface area contributed by atoms with Crippen LogP contribution in [0.5, 0.6) is 0 Å². The molecule has 0 radical (unpaired) electrons. The maximum absolute atomic E-state index is 12.7. The van der Waals surface area contributed by atoms with Crippen molar-refractivity contribution >= 4 is 10.2 Å². The van der Waals surface area contributed by atoms with E-state index in [1.165, 1.54) is 4.31 Å². The molecule has 1 aliphatic rings. The summed E-state index contributed by atoms with van der Waals surface area (Å²) in [5, 5.41) is 3.05. The minimum Gasteiger partial charge on any atom is -0.320 e. The third-order valence-electron chi connectivity index (χ3n) is 3.91. The van der Waals surface area contributed by atoms with Crippen molar-refractivity contribution < 1.29 is 8.42 Å². The third-order valence-corrected chi connectivity index (χ3v) is 5.95. The van der Waals surface area contributed by atoms with Crippen LogP contribution in [0, 0.1) is 0 Å². The van der Waals surface area contributed by atoms with Gasteiger partial charge in [-0.1, -0.05) is 6.92 Å². The lowest BCUT2D eigenvalue weighted by Crippen LogP contribution is -2.49. The first-order valence-corrected chi connectivity index (χ1v) is 8.89. The lowest BCUT2D eigenvalue weighted by atomic mass is 10.2. The van der Waals surface area contributed by atoms with E-state index in [1.54, 1.807) is 11.4 Å². The zero-order valence-electron chi connectivity index (χ0n) is 13.3. The van der Waals surface area contributed by atoms with Gasteiger partial charge in [0, 0.05) is 32.7 Å². The summed E-state index contributed by atoms with van der Waals surface area (Å²) in [6.07, 6.45) is 2.58. The molecule has 0 bridgehead atoms. The van der Waals surface area contributed by atoms with Crippen molar-refractivity contribution in [2.75, 3.05) is 53.9 Å². The van der Waals surface area contributed by atoms with Crippen LogP contribution in [0.4, 0.5) is 0 Å². The van der Waals surface area contributed by atoms with E-state index in [9.17, 15) is 8.42 Å². The van der Waals surface area contributed by atoms with Crippen molar-refractivity contribution in [3.8, 4) is 0 Å². The number of nitrogens with zero attached hydrogens (tertiary/aromatic N) is 3. The lowest BCUT2D eigenvalue weighted by Gasteiger charge is -2.32. The number of nitrogens with one attached hydrogen (secondary N) is 1. The first-order valence-electron chi connectivity index (χ1n) is 7.49. The Balaban J connectivity index is 2.76. The lowest BCUT2D eigenvalue weighted by molar-refractivity contribution is 0.257. The summed E-state index contributed by atoms with van der Waals surface area (Å²) in [4.78, 5) is 2.23. The Labute approximate surface area is 124 Å². The third kappa shape index (κ3) is 4.66. The summed E-state index contributed by atoms with van der Waals surface area (Å²) in [7, 11) is 2.29. The van der Waals surface area contributed by atoms with Gasteiger partial charge in [0.25, 0.3) is 10.2 Å². The molecule has 6 nitrogen and oxygen atoms in total. The van der Waals surface area contributed by atoms with E-state index < -0.39 is 10.2 Å². The minimum absolute atomic E-state index is 0.0826. The molecule has 120 valence electrons. The van der Waals surface area contributed by atoms with Crippen molar-refractivity contribution in [2.45, 2.75) is 32.2 Å². The summed E-state index contributed by atoms with van der Waals surface area (Å²) >= 11 is 0. The van der Waals surface area contributed by atoms with E-state index >= 15 is 0 Å². The molecule has 0 aliphatic carbocycles. The van der Waals surface area contributed by atoms with E-state index in [-0.39, 0.29) is 6.04 Å². The summed E-state index contributed by atoms with van der Waals surface area (Å²) in [6.45, 7) is 5.87. The molecule has 1 fully saturated rings. The molecule has 7 heteroatoms. The molecule has 1 rings (SSSR count). The van der Waals surface area contributed by atoms with Gasteiger partial charge in [-0.3, -0.25) is 0 Å². The quantitative estimate of drug-likeness (QED) is 0.682. The normalized spacial score (nSPS) is 23.1. The zero-order chi connectivity index (χ0) is 15.2. The van der Waals surface area contributed by atoms with E-state index in [0.717, 1.165) is 38.9 Å². The molecular formula is C13H30N4O2S. The fraction of sp³-hybridized carbons (Fsp3) is 1.00. The highest BCUT2D eigenvalue weighted by Crippen LogP contribution is 2.18. The first-order chi connectivity index (χ1) is 9.43. The van der Waals surface area contributed by atoms with E-state index in [0.29, 0.717) is 13.1 Å².